The van der Waals surface area contributed by atoms with E-state index in [4.69, 9.17) is 0 Å². The van der Waals surface area contributed by atoms with Crippen molar-refractivity contribution in [2.24, 2.45) is 5.92 Å². The van der Waals surface area contributed by atoms with Crippen LogP contribution in [0, 0.1) is 5.92 Å². The number of hydrogen-bond donors (Lipinski definition) is 1. The molecule has 1 aliphatic heterocycles. The lowest BCUT2D eigenvalue weighted by molar-refractivity contribution is -0.139. The molecule has 2 aliphatic rings. The van der Waals surface area contributed by atoms with Gasteiger partial charge in [-0.15, -0.1) is 0 Å². The molecular weight excluding hydrogens is 252 g/mol. The van der Waals surface area contributed by atoms with Gasteiger partial charge < -0.3 is 10.2 Å². The Labute approximate surface area is 119 Å². The van der Waals surface area contributed by atoms with E-state index in [1.54, 1.807) is 4.90 Å². The third-order valence-corrected chi connectivity index (χ3v) is 4.27. The normalized spacial score (nSPS) is 22.7. The van der Waals surface area contributed by atoms with Gasteiger partial charge in [-0.3, -0.25) is 9.59 Å². The van der Waals surface area contributed by atoms with Crippen molar-refractivity contribution in [3.8, 4) is 0 Å². The van der Waals surface area contributed by atoms with Gasteiger partial charge in [0.15, 0.2) is 0 Å². The summed E-state index contributed by atoms with van der Waals surface area (Å²) in [5.74, 6) is 0.152. The van der Waals surface area contributed by atoms with Crippen LogP contribution in [-0.2, 0) is 22.4 Å². The number of rotatable bonds is 1. The number of aryl methyl sites for hydroxylation is 1. The highest BCUT2D eigenvalue weighted by Gasteiger charge is 2.29. The largest absolute Gasteiger partial charge is 0.354 e. The van der Waals surface area contributed by atoms with Crippen molar-refractivity contribution in [3.63, 3.8) is 0 Å². The van der Waals surface area contributed by atoms with Crippen LogP contribution < -0.4 is 5.32 Å². The molecule has 4 heteroatoms. The first kappa shape index (κ1) is 13.2. The molecule has 4 nitrogen and oxygen atoms in total. The summed E-state index contributed by atoms with van der Waals surface area (Å²) in [5, 5.41) is 2.82. The Kier molecular flexibility index (Phi) is 3.72. The van der Waals surface area contributed by atoms with E-state index in [0.717, 1.165) is 25.7 Å². The second-order valence-electron chi connectivity index (χ2n) is 5.67. The Balaban J connectivity index is 1.70. The van der Waals surface area contributed by atoms with Crippen molar-refractivity contribution in [1.82, 2.24) is 10.2 Å². The topological polar surface area (TPSA) is 49.4 Å². The average Bonchev–Trinajstić information content (AvgIpc) is 2.70. The van der Waals surface area contributed by atoms with E-state index in [0.29, 0.717) is 13.1 Å². The molecule has 1 atom stereocenters. The molecule has 2 amide bonds. The summed E-state index contributed by atoms with van der Waals surface area (Å²) in [5.41, 5.74) is 2.65. The molecule has 20 heavy (non-hydrogen) atoms. The van der Waals surface area contributed by atoms with E-state index in [1.165, 1.54) is 11.1 Å². The molecule has 1 aromatic carbocycles. The summed E-state index contributed by atoms with van der Waals surface area (Å²) in [6, 6.07) is 8.35. The molecule has 0 spiro atoms. The van der Waals surface area contributed by atoms with E-state index >= 15 is 0 Å². The highest BCUT2D eigenvalue weighted by molar-refractivity contribution is 5.86. The van der Waals surface area contributed by atoms with Crippen molar-refractivity contribution in [2.75, 3.05) is 19.6 Å². The van der Waals surface area contributed by atoms with Gasteiger partial charge >= 0.3 is 0 Å². The molecule has 0 aromatic heterocycles. The van der Waals surface area contributed by atoms with E-state index in [-0.39, 0.29) is 24.3 Å². The van der Waals surface area contributed by atoms with Crippen LogP contribution in [0.1, 0.15) is 24.0 Å². The number of fused-ring (bicyclic) bond motifs is 1. The van der Waals surface area contributed by atoms with Crippen molar-refractivity contribution in [3.05, 3.63) is 35.4 Å². The third kappa shape index (κ3) is 2.69. The standard InChI is InChI=1S/C16H20N2O2/c19-15-11-18(9-3-8-17-15)16(20)14-7-6-12-4-1-2-5-13(12)10-14/h1-2,4-5,14H,3,6-11H2,(H,17,19). The fourth-order valence-electron chi connectivity index (χ4n) is 3.16. The molecule has 1 N–H and O–H groups in total. The molecule has 0 saturated carbocycles. The first-order valence-corrected chi connectivity index (χ1v) is 7.36. The number of hydrogen-bond acceptors (Lipinski definition) is 2. The van der Waals surface area contributed by atoms with Crippen LogP contribution >= 0.6 is 0 Å². The maximum atomic E-state index is 12.6. The monoisotopic (exact) mass is 272 g/mol. The van der Waals surface area contributed by atoms with Gasteiger partial charge in [0.25, 0.3) is 0 Å². The van der Waals surface area contributed by atoms with E-state index in [1.807, 2.05) is 6.07 Å². The van der Waals surface area contributed by atoms with Gasteiger partial charge in [0, 0.05) is 19.0 Å². The maximum Gasteiger partial charge on any atom is 0.239 e. The number of nitrogens with one attached hydrogen (secondary N) is 1. The minimum Gasteiger partial charge on any atom is -0.354 e. The average molecular weight is 272 g/mol. The minimum absolute atomic E-state index is 0.0351. The Hall–Kier alpha value is -1.84. The zero-order chi connectivity index (χ0) is 13.9. The lowest BCUT2D eigenvalue weighted by atomic mass is 9.83. The number of amides is 2. The first-order valence-electron chi connectivity index (χ1n) is 7.36. The van der Waals surface area contributed by atoms with Crippen LogP contribution in [0.2, 0.25) is 0 Å². The SMILES string of the molecule is O=C1CN(C(=O)C2CCc3ccccc3C2)CCCN1. The Morgan fingerprint density at radius 1 is 1.25 bits per heavy atom. The van der Waals surface area contributed by atoms with Gasteiger partial charge in [0.05, 0.1) is 6.54 Å². The summed E-state index contributed by atoms with van der Waals surface area (Å²) >= 11 is 0. The molecular formula is C16H20N2O2. The quantitative estimate of drug-likeness (QED) is 0.833. The molecule has 0 bridgehead atoms. The molecule has 106 valence electrons. The Morgan fingerprint density at radius 2 is 2.05 bits per heavy atom. The van der Waals surface area contributed by atoms with Gasteiger partial charge in [0.2, 0.25) is 11.8 Å². The van der Waals surface area contributed by atoms with Crippen molar-refractivity contribution in [1.29, 1.82) is 0 Å². The molecule has 3 rings (SSSR count). The Morgan fingerprint density at radius 3 is 2.90 bits per heavy atom. The van der Waals surface area contributed by atoms with Crippen molar-refractivity contribution >= 4 is 11.8 Å². The zero-order valence-corrected chi connectivity index (χ0v) is 11.6. The molecule has 1 unspecified atom stereocenters. The molecule has 1 saturated heterocycles. The molecule has 1 aromatic rings. The number of nitrogens with zero attached hydrogens (tertiary/aromatic N) is 1. The molecule has 0 radical (unpaired) electrons. The van der Waals surface area contributed by atoms with Gasteiger partial charge in [-0.25, -0.2) is 0 Å². The number of benzene rings is 1. The van der Waals surface area contributed by atoms with E-state index in [9.17, 15) is 9.59 Å². The Bertz CT molecular complexity index is 527. The van der Waals surface area contributed by atoms with Gasteiger partial charge in [-0.05, 0) is 36.8 Å². The number of carbonyl (C=O) groups excluding carboxylic acids is 2. The van der Waals surface area contributed by atoms with Crippen LogP contribution in [0.15, 0.2) is 24.3 Å². The van der Waals surface area contributed by atoms with Gasteiger partial charge in [-0.2, -0.15) is 0 Å². The fraction of sp³-hybridized carbons (Fsp3) is 0.500. The second kappa shape index (κ2) is 5.65. The van der Waals surface area contributed by atoms with Crippen molar-refractivity contribution < 1.29 is 9.59 Å². The third-order valence-electron chi connectivity index (χ3n) is 4.27. The maximum absolute atomic E-state index is 12.6. The summed E-state index contributed by atoms with van der Waals surface area (Å²) in [7, 11) is 0. The zero-order valence-electron chi connectivity index (χ0n) is 11.6. The summed E-state index contributed by atoms with van der Waals surface area (Å²) < 4.78 is 0. The summed E-state index contributed by atoms with van der Waals surface area (Å²) in [4.78, 5) is 25.9. The van der Waals surface area contributed by atoms with Crippen LogP contribution in [0.25, 0.3) is 0 Å². The smallest absolute Gasteiger partial charge is 0.239 e. The number of carbonyl (C=O) groups is 2. The highest BCUT2D eigenvalue weighted by atomic mass is 16.2. The van der Waals surface area contributed by atoms with Crippen LogP contribution in [-0.4, -0.2) is 36.3 Å². The van der Waals surface area contributed by atoms with Gasteiger partial charge in [-0.1, -0.05) is 24.3 Å². The molecule has 1 aliphatic carbocycles. The van der Waals surface area contributed by atoms with Crippen LogP contribution in [0.3, 0.4) is 0 Å². The van der Waals surface area contributed by atoms with E-state index in [2.05, 4.69) is 23.5 Å². The second-order valence-corrected chi connectivity index (χ2v) is 5.67. The van der Waals surface area contributed by atoms with Gasteiger partial charge in [0.1, 0.15) is 0 Å². The summed E-state index contributed by atoms with van der Waals surface area (Å²) in [6.07, 6.45) is 3.52. The predicted octanol–water partition coefficient (Wildman–Crippen LogP) is 1.14. The minimum atomic E-state index is -0.0351. The predicted molar refractivity (Wildman–Crippen MR) is 76.2 cm³/mol. The molecule has 1 heterocycles. The summed E-state index contributed by atoms with van der Waals surface area (Å²) in [6.45, 7) is 1.59. The van der Waals surface area contributed by atoms with Crippen molar-refractivity contribution in [2.45, 2.75) is 25.7 Å². The lowest BCUT2D eigenvalue weighted by Gasteiger charge is -2.29. The van der Waals surface area contributed by atoms with Crippen LogP contribution in [0.5, 0.6) is 0 Å². The van der Waals surface area contributed by atoms with E-state index < -0.39 is 0 Å². The first-order chi connectivity index (χ1) is 9.74. The molecule has 1 fully saturated rings. The van der Waals surface area contributed by atoms with Crippen LogP contribution in [0.4, 0.5) is 0 Å². The fourth-order valence-corrected chi connectivity index (χ4v) is 3.16. The lowest BCUT2D eigenvalue weighted by Crippen LogP contribution is -2.42. The highest BCUT2D eigenvalue weighted by Crippen LogP contribution is 2.26.